The second kappa shape index (κ2) is 6.83. The fraction of sp³-hybridized carbons (Fsp3) is 0.417. The van der Waals surface area contributed by atoms with Gasteiger partial charge in [-0.15, -0.1) is 0 Å². The quantitative estimate of drug-likeness (QED) is 0.610. The first-order valence-electron chi connectivity index (χ1n) is 5.56. The summed E-state index contributed by atoms with van der Waals surface area (Å²) >= 11 is 0. The standard InChI is InChI=1S/C12H16N2O4/c1-8(16)13-5-4-11(17)12(18)10-3-2-9(7-15)6-14-10/h2-3,6-7,11-12,17-18H,4-5H2,1H3,(H,13,16). The second-order valence-corrected chi connectivity index (χ2v) is 3.92. The Morgan fingerprint density at radius 3 is 2.72 bits per heavy atom. The summed E-state index contributed by atoms with van der Waals surface area (Å²) in [4.78, 5) is 25.0. The lowest BCUT2D eigenvalue weighted by Crippen LogP contribution is -2.28. The normalized spacial score (nSPS) is 13.7. The molecule has 1 aromatic heterocycles. The molecule has 0 saturated carbocycles. The van der Waals surface area contributed by atoms with E-state index in [1.165, 1.54) is 25.3 Å². The van der Waals surface area contributed by atoms with Crippen molar-refractivity contribution in [2.45, 2.75) is 25.6 Å². The number of hydrogen-bond acceptors (Lipinski definition) is 5. The van der Waals surface area contributed by atoms with E-state index in [0.717, 1.165) is 0 Å². The van der Waals surface area contributed by atoms with Crippen LogP contribution in [0.2, 0.25) is 0 Å². The van der Waals surface area contributed by atoms with Crippen LogP contribution >= 0.6 is 0 Å². The molecule has 6 heteroatoms. The zero-order valence-corrected chi connectivity index (χ0v) is 10.0. The number of aldehydes is 1. The predicted molar refractivity (Wildman–Crippen MR) is 63.9 cm³/mol. The van der Waals surface area contributed by atoms with E-state index in [-0.39, 0.29) is 24.6 Å². The molecule has 1 aromatic rings. The van der Waals surface area contributed by atoms with E-state index < -0.39 is 12.2 Å². The molecule has 0 spiro atoms. The Hall–Kier alpha value is -1.79. The molecule has 6 nitrogen and oxygen atoms in total. The van der Waals surface area contributed by atoms with Gasteiger partial charge in [0.15, 0.2) is 6.29 Å². The molecule has 3 N–H and O–H groups in total. The molecule has 1 heterocycles. The molecule has 1 rings (SSSR count). The van der Waals surface area contributed by atoms with Crippen molar-refractivity contribution in [3.8, 4) is 0 Å². The summed E-state index contributed by atoms with van der Waals surface area (Å²) in [6, 6.07) is 3.00. The summed E-state index contributed by atoms with van der Waals surface area (Å²) in [7, 11) is 0. The molecule has 1 amide bonds. The van der Waals surface area contributed by atoms with Crippen LogP contribution in [-0.4, -0.2) is 40.0 Å². The molecule has 0 fully saturated rings. The number of aliphatic hydroxyl groups is 2. The van der Waals surface area contributed by atoms with Gasteiger partial charge < -0.3 is 15.5 Å². The van der Waals surface area contributed by atoms with Gasteiger partial charge >= 0.3 is 0 Å². The van der Waals surface area contributed by atoms with E-state index in [1.54, 1.807) is 0 Å². The zero-order valence-electron chi connectivity index (χ0n) is 10.0. The van der Waals surface area contributed by atoms with Gasteiger partial charge in [0.25, 0.3) is 0 Å². The zero-order chi connectivity index (χ0) is 13.5. The predicted octanol–water partition coefficient (Wildman–Crippen LogP) is -0.185. The number of amides is 1. The molecule has 18 heavy (non-hydrogen) atoms. The van der Waals surface area contributed by atoms with Crippen molar-refractivity contribution in [3.63, 3.8) is 0 Å². The van der Waals surface area contributed by atoms with Crippen LogP contribution in [0.25, 0.3) is 0 Å². The number of aromatic nitrogens is 1. The van der Waals surface area contributed by atoms with Crippen molar-refractivity contribution in [3.05, 3.63) is 29.6 Å². The first-order valence-corrected chi connectivity index (χ1v) is 5.56. The Bertz CT molecular complexity index is 405. The monoisotopic (exact) mass is 252 g/mol. The highest BCUT2D eigenvalue weighted by Crippen LogP contribution is 2.16. The largest absolute Gasteiger partial charge is 0.390 e. The molecule has 0 saturated heterocycles. The van der Waals surface area contributed by atoms with Crippen molar-refractivity contribution >= 4 is 12.2 Å². The number of hydrogen-bond donors (Lipinski definition) is 3. The Morgan fingerprint density at radius 1 is 1.50 bits per heavy atom. The minimum Gasteiger partial charge on any atom is -0.390 e. The topological polar surface area (TPSA) is 99.5 Å². The van der Waals surface area contributed by atoms with Crippen LogP contribution in [0.15, 0.2) is 18.3 Å². The lowest BCUT2D eigenvalue weighted by molar-refractivity contribution is -0.119. The molecule has 0 aliphatic carbocycles. The van der Waals surface area contributed by atoms with Crippen molar-refractivity contribution in [2.24, 2.45) is 0 Å². The second-order valence-electron chi connectivity index (χ2n) is 3.92. The molecule has 0 radical (unpaired) electrons. The van der Waals surface area contributed by atoms with Crippen LogP contribution in [0.1, 0.15) is 35.5 Å². The van der Waals surface area contributed by atoms with Gasteiger partial charge in [0.05, 0.1) is 11.8 Å². The number of aliphatic hydroxyl groups excluding tert-OH is 2. The number of carbonyl (C=O) groups excluding carboxylic acids is 2. The lowest BCUT2D eigenvalue weighted by Gasteiger charge is -2.17. The van der Waals surface area contributed by atoms with Crippen molar-refractivity contribution in [2.75, 3.05) is 6.54 Å². The number of nitrogens with one attached hydrogen (secondary N) is 1. The van der Waals surface area contributed by atoms with E-state index in [0.29, 0.717) is 11.8 Å². The third-order valence-electron chi connectivity index (χ3n) is 2.43. The molecule has 0 bridgehead atoms. The number of nitrogens with zero attached hydrogens (tertiary/aromatic N) is 1. The third kappa shape index (κ3) is 4.23. The number of pyridine rings is 1. The highest BCUT2D eigenvalue weighted by Gasteiger charge is 2.19. The SMILES string of the molecule is CC(=O)NCCC(O)C(O)c1ccc(C=O)cn1. The maximum atomic E-state index is 10.6. The van der Waals surface area contributed by atoms with Gasteiger partial charge in [-0.3, -0.25) is 14.6 Å². The Balaban J connectivity index is 2.53. The van der Waals surface area contributed by atoms with Gasteiger partial charge in [0.2, 0.25) is 5.91 Å². The van der Waals surface area contributed by atoms with Gasteiger partial charge in [-0.2, -0.15) is 0 Å². The lowest BCUT2D eigenvalue weighted by atomic mass is 10.1. The first-order chi connectivity index (χ1) is 8.54. The first kappa shape index (κ1) is 14.3. The third-order valence-corrected chi connectivity index (χ3v) is 2.43. The molecule has 0 aliphatic heterocycles. The Kier molecular flexibility index (Phi) is 5.41. The molecule has 0 aromatic carbocycles. The highest BCUT2D eigenvalue weighted by molar-refractivity contribution is 5.73. The average molecular weight is 252 g/mol. The van der Waals surface area contributed by atoms with E-state index in [9.17, 15) is 19.8 Å². The summed E-state index contributed by atoms with van der Waals surface area (Å²) in [5, 5.41) is 22.0. The van der Waals surface area contributed by atoms with E-state index in [2.05, 4.69) is 10.3 Å². The fourth-order valence-electron chi connectivity index (χ4n) is 1.41. The van der Waals surface area contributed by atoms with Gasteiger partial charge in [-0.25, -0.2) is 0 Å². The molecule has 2 unspecified atom stereocenters. The fourth-order valence-corrected chi connectivity index (χ4v) is 1.41. The van der Waals surface area contributed by atoms with Crippen molar-refractivity contribution in [1.82, 2.24) is 10.3 Å². The maximum Gasteiger partial charge on any atom is 0.216 e. The van der Waals surface area contributed by atoms with Crippen molar-refractivity contribution in [1.29, 1.82) is 0 Å². The van der Waals surface area contributed by atoms with E-state index >= 15 is 0 Å². The van der Waals surface area contributed by atoms with Gasteiger partial charge in [0.1, 0.15) is 6.10 Å². The summed E-state index contributed by atoms with van der Waals surface area (Å²) in [6.45, 7) is 1.66. The number of carbonyl (C=O) groups is 2. The average Bonchev–Trinajstić information content (AvgIpc) is 2.37. The van der Waals surface area contributed by atoms with E-state index in [4.69, 9.17) is 0 Å². The highest BCUT2D eigenvalue weighted by atomic mass is 16.3. The van der Waals surface area contributed by atoms with Gasteiger partial charge in [-0.05, 0) is 18.6 Å². The smallest absolute Gasteiger partial charge is 0.216 e. The molecule has 2 atom stereocenters. The molecule has 0 aliphatic rings. The number of rotatable bonds is 6. The summed E-state index contributed by atoms with van der Waals surface area (Å²) in [5.41, 5.74) is 0.689. The van der Waals surface area contributed by atoms with Crippen LogP contribution in [0.5, 0.6) is 0 Å². The van der Waals surface area contributed by atoms with Gasteiger partial charge in [-0.1, -0.05) is 0 Å². The van der Waals surface area contributed by atoms with Crippen LogP contribution in [-0.2, 0) is 4.79 Å². The van der Waals surface area contributed by atoms with Crippen LogP contribution in [0, 0.1) is 0 Å². The maximum absolute atomic E-state index is 10.6. The molecule has 98 valence electrons. The van der Waals surface area contributed by atoms with E-state index in [1.807, 2.05) is 0 Å². The summed E-state index contributed by atoms with van der Waals surface area (Å²) in [5.74, 6) is -0.190. The van der Waals surface area contributed by atoms with Crippen LogP contribution in [0.3, 0.4) is 0 Å². The Morgan fingerprint density at radius 2 is 2.22 bits per heavy atom. The Labute approximate surface area is 105 Å². The van der Waals surface area contributed by atoms with Gasteiger partial charge in [0, 0.05) is 25.2 Å². The van der Waals surface area contributed by atoms with Crippen LogP contribution < -0.4 is 5.32 Å². The van der Waals surface area contributed by atoms with Crippen LogP contribution in [0.4, 0.5) is 0 Å². The summed E-state index contributed by atoms with van der Waals surface area (Å²) in [6.07, 6.45) is 0.0336. The molecular formula is C12H16N2O4. The van der Waals surface area contributed by atoms with Crippen molar-refractivity contribution < 1.29 is 19.8 Å². The summed E-state index contributed by atoms with van der Waals surface area (Å²) < 4.78 is 0. The minimum absolute atomic E-state index is 0.190. The molecular weight excluding hydrogens is 236 g/mol. The minimum atomic E-state index is -1.14.